The highest BCUT2D eigenvalue weighted by Gasteiger charge is 2.54. The van der Waals surface area contributed by atoms with Crippen molar-refractivity contribution in [3.05, 3.63) is 0 Å². The Labute approximate surface area is 106 Å². The lowest BCUT2D eigenvalue weighted by Crippen LogP contribution is -2.48. The van der Waals surface area contributed by atoms with Gasteiger partial charge in [-0.1, -0.05) is 6.42 Å². The number of hydrogen-bond acceptors (Lipinski definition) is 0. The molecule has 6 aliphatic rings. The molecule has 0 aromatic carbocycles. The number of rotatable bonds is 1. The van der Waals surface area contributed by atoms with Crippen LogP contribution in [0, 0.1) is 47.3 Å². The van der Waals surface area contributed by atoms with E-state index in [1.807, 2.05) is 0 Å². The van der Waals surface area contributed by atoms with Gasteiger partial charge in [-0.05, 0) is 98.7 Å². The molecule has 0 saturated heterocycles. The van der Waals surface area contributed by atoms with Crippen LogP contribution >= 0.6 is 0 Å². The quantitative estimate of drug-likeness (QED) is 0.622. The summed E-state index contributed by atoms with van der Waals surface area (Å²) >= 11 is 0. The Morgan fingerprint density at radius 1 is 0.471 bits per heavy atom. The second-order valence-corrected chi connectivity index (χ2v) is 8.35. The van der Waals surface area contributed by atoms with Crippen LogP contribution in [0.5, 0.6) is 0 Å². The smallest absolute Gasteiger partial charge is 0.0326 e. The molecule has 0 aliphatic heterocycles. The maximum atomic E-state index is 1.65. The van der Waals surface area contributed by atoms with Crippen LogP contribution in [0.3, 0.4) is 0 Å². The van der Waals surface area contributed by atoms with Gasteiger partial charge < -0.3 is 0 Å². The molecular weight excluding hydrogens is 204 g/mol. The molecule has 6 bridgehead atoms. The van der Waals surface area contributed by atoms with Crippen LogP contribution in [0.1, 0.15) is 57.8 Å². The predicted octanol–water partition coefficient (Wildman–Crippen LogP) is 4.49. The van der Waals surface area contributed by atoms with E-state index < -0.39 is 0 Å². The first-order valence-corrected chi connectivity index (χ1v) is 8.37. The summed E-state index contributed by atoms with van der Waals surface area (Å²) in [5.74, 6) is 9.48. The Balaban J connectivity index is 1.44. The molecule has 17 heavy (non-hydrogen) atoms. The molecule has 6 rings (SSSR count). The minimum Gasteiger partial charge on any atom is -0.0502 e. The van der Waals surface area contributed by atoms with Crippen LogP contribution in [-0.4, -0.2) is 0 Å². The first kappa shape index (κ1) is 9.87. The summed E-state index contributed by atoms with van der Waals surface area (Å²) in [7, 11) is 0. The van der Waals surface area contributed by atoms with E-state index >= 15 is 0 Å². The zero-order chi connectivity index (χ0) is 11.0. The number of fused-ring (bicyclic) bond motifs is 2. The SMILES string of the molecule is C1CC2CC1CC2C1C2CC3CC(C2)CC1C3. The van der Waals surface area contributed by atoms with Gasteiger partial charge in [0.05, 0.1) is 0 Å². The molecule has 0 N–H and O–H groups in total. The van der Waals surface area contributed by atoms with Crippen LogP contribution in [0.25, 0.3) is 0 Å². The molecule has 0 nitrogen and oxygen atoms in total. The van der Waals surface area contributed by atoms with Crippen molar-refractivity contribution in [2.45, 2.75) is 57.8 Å². The molecule has 0 aromatic rings. The van der Waals surface area contributed by atoms with Crippen LogP contribution in [0.15, 0.2) is 0 Å². The Hall–Kier alpha value is 0. The van der Waals surface area contributed by atoms with Crippen molar-refractivity contribution in [2.75, 3.05) is 0 Å². The van der Waals surface area contributed by atoms with Crippen molar-refractivity contribution in [1.82, 2.24) is 0 Å². The summed E-state index contributed by atoms with van der Waals surface area (Å²) < 4.78 is 0. The molecule has 94 valence electrons. The molecule has 0 amide bonds. The van der Waals surface area contributed by atoms with Gasteiger partial charge in [-0.3, -0.25) is 0 Å². The Morgan fingerprint density at radius 3 is 1.65 bits per heavy atom. The molecule has 0 spiro atoms. The normalized spacial score (nSPS) is 63.5. The van der Waals surface area contributed by atoms with E-state index in [9.17, 15) is 0 Å². The summed E-state index contributed by atoms with van der Waals surface area (Å²) in [6.07, 6.45) is 14.7. The van der Waals surface area contributed by atoms with Gasteiger partial charge in [0.2, 0.25) is 0 Å². The molecule has 6 saturated carbocycles. The van der Waals surface area contributed by atoms with Gasteiger partial charge in [-0.15, -0.1) is 0 Å². The molecule has 3 atom stereocenters. The van der Waals surface area contributed by atoms with E-state index in [1.54, 1.807) is 57.8 Å². The molecule has 6 fully saturated rings. The fraction of sp³-hybridized carbons (Fsp3) is 1.00. The second-order valence-electron chi connectivity index (χ2n) is 8.35. The Kier molecular flexibility index (Phi) is 1.92. The zero-order valence-electron chi connectivity index (χ0n) is 11.0. The molecule has 0 aromatic heterocycles. The van der Waals surface area contributed by atoms with Gasteiger partial charge in [0.15, 0.2) is 0 Å². The van der Waals surface area contributed by atoms with E-state index in [-0.39, 0.29) is 0 Å². The lowest BCUT2D eigenvalue weighted by molar-refractivity contribution is -0.0716. The summed E-state index contributed by atoms with van der Waals surface area (Å²) in [6, 6.07) is 0. The first-order chi connectivity index (χ1) is 8.37. The summed E-state index contributed by atoms with van der Waals surface area (Å²) in [6.45, 7) is 0. The van der Waals surface area contributed by atoms with Gasteiger partial charge in [0.1, 0.15) is 0 Å². The Morgan fingerprint density at radius 2 is 1.12 bits per heavy atom. The van der Waals surface area contributed by atoms with Crippen molar-refractivity contribution in [2.24, 2.45) is 47.3 Å². The second kappa shape index (κ2) is 3.31. The maximum absolute atomic E-state index is 1.65. The topological polar surface area (TPSA) is 0 Å². The third kappa shape index (κ3) is 1.31. The minimum absolute atomic E-state index is 1.17. The monoisotopic (exact) mass is 230 g/mol. The summed E-state index contributed by atoms with van der Waals surface area (Å²) in [5, 5.41) is 0. The minimum atomic E-state index is 1.17. The highest BCUT2D eigenvalue weighted by Crippen LogP contribution is 2.63. The average Bonchev–Trinajstić information content (AvgIpc) is 2.89. The van der Waals surface area contributed by atoms with E-state index in [0.717, 1.165) is 0 Å². The van der Waals surface area contributed by atoms with Gasteiger partial charge in [0.25, 0.3) is 0 Å². The average molecular weight is 230 g/mol. The van der Waals surface area contributed by atoms with Crippen molar-refractivity contribution < 1.29 is 0 Å². The lowest BCUT2D eigenvalue weighted by atomic mass is 9.48. The third-order valence-corrected chi connectivity index (χ3v) is 7.59. The summed E-state index contributed by atoms with van der Waals surface area (Å²) in [4.78, 5) is 0. The van der Waals surface area contributed by atoms with Crippen LogP contribution in [0.4, 0.5) is 0 Å². The fourth-order valence-electron chi connectivity index (χ4n) is 7.43. The maximum Gasteiger partial charge on any atom is -0.0326 e. The summed E-state index contributed by atoms with van der Waals surface area (Å²) in [5.41, 5.74) is 0. The van der Waals surface area contributed by atoms with Crippen molar-refractivity contribution in [3.63, 3.8) is 0 Å². The van der Waals surface area contributed by atoms with Gasteiger partial charge in [-0.2, -0.15) is 0 Å². The standard InChI is InChI=1S/C17H26/c1-2-13-4-10(1)9-16(13)17-14-5-11-3-12(7-14)8-15(17)6-11/h10-17H,1-9H2. The molecule has 3 unspecified atom stereocenters. The highest BCUT2D eigenvalue weighted by atomic mass is 14.6. The van der Waals surface area contributed by atoms with Gasteiger partial charge in [0, 0.05) is 0 Å². The van der Waals surface area contributed by atoms with Crippen molar-refractivity contribution in [1.29, 1.82) is 0 Å². The molecule has 0 heteroatoms. The van der Waals surface area contributed by atoms with Crippen LogP contribution in [0.2, 0.25) is 0 Å². The van der Waals surface area contributed by atoms with Crippen LogP contribution < -0.4 is 0 Å². The molecule has 0 radical (unpaired) electrons. The van der Waals surface area contributed by atoms with E-state index in [4.69, 9.17) is 0 Å². The molecular formula is C17H26. The Bertz CT molecular complexity index is 303. The van der Waals surface area contributed by atoms with Crippen LogP contribution in [-0.2, 0) is 0 Å². The van der Waals surface area contributed by atoms with Crippen molar-refractivity contribution >= 4 is 0 Å². The van der Waals surface area contributed by atoms with E-state index in [1.165, 1.54) is 47.3 Å². The van der Waals surface area contributed by atoms with Crippen molar-refractivity contribution in [3.8, 4) is 0 Å². The van der Waals surface area contributed by atoms with E-state index in [0.29, 0.717) is 0 Å². The molecule has 6 aliphatic carbocycles. The lowest BCUT2D eigenvalue weighted by Gasteiger charge is -2.57. The fourth-order valence-corrected chi connectivity index (χ4v) is 7.43. The third-order valence-electron chi connectivity index (χ3n) is 7.59. The van der Waals surface area contributed by atoms with Gasteiger partial charge >= 0.3 is 0 Å². The zero-order valence-corrected chi connectivity index (χ0v) is 11.0. The van der Waals surface area contributed by atoms with Gasteiger partial charge in [-0.25, -0.2) is 0 Å². The largest absolute Gasteiger partial charge is 0.0502 e. The molecule has 0 heterocycles. The number of hydrogen-bond donors (Lipinski definition) is 0. The highest BCUT2D eigenvalue weighted by molar-refractivity contribution is 5.04. The predicted molar refractivity (Wildman–Crippen MR) is 69.5 cm³/mol. The van der Waals surface area contributed by atoms with E-state index in [2.05, 4.69) is 0 Å². The first-order valence-electron chi connectivity index (χ1n) is 8.37.